The molecule has 2 aromatic carbocycles. The lowest BCUT2D eigenvalue weighted by atomic mass is 10.1. The zero-order valence-corrected chi connectivity index (χ0v) is 15.4. The van der Waals surface area contributed by atoms with Gasteiger partial charge in [0.1, 0.15) is 6.61 Å². The molecule has 0 aliphatic carbocycles. The van der Waals surface area contributed by atoms with E-state index >= 15 is 0 Å². The second-order valence-corrected chi connectivity index (χ2v) is 6.12. The third-order valence-electron chi connectivity index (χ3n) is 4.22. The Hall–Kier alpha value is -3.34. The largest absolute Gasteiger partial charge is 0.493 e. The van der Waals surface area contributed by atoms with Crippen molar-refractivity contribution in [2.24, 2.45) is 0 Å². The van der Waals surface area contributed by atoms with Crippen molar-refractivity contribution in [1.82, 2.24) is 10.3 Å². The lowest BCUT2D eigenvalue weighted by Crippen LogP contribution is -2.26. The van der Waals surface area contributed by atoms with E-state index in [1.54, 1.807) is 37.7 Å². The molecule has 0 saturated heterocycles. The average Bonchev–Trinajstić information content (AvgIpc) is 2.73. The Kier molecular flexibility index (Phi) is 6.05. The molecule has 0 aliphatic rings. The average molecular weight is 362 g/mol. The molecule has 1 atom stereocenters. The van der Waals surface area contributed by atoms with Crippen LogP contribution in [0.15, 0.2) is 73.1 Å². The molecule has 0 fully saturated rings. The topological polar surface area (TPSA) is 60.5 Å². The van der Waals surface area contributed by atoms with Gasteiger partial charge in [0.15, 0.2) is 11.5 Å². The minimum atomic E-state index is -0.164. The molecule has 0 saturated carbocycles. The van der Waals surface area contributed by atoms with E-state index in [1.807, 2.05) is 49.4 Å². The molecule has 5 nitrogen and oxygen atoms in total. The molecule has 1 heterocycles. The van der Waals surface area contributed by atoms with Gasteiger partial charge < -0.3 is 14.8 Å². The van der Waals surface area contributed by atoms with Gasteiger partial charge in [-0.25, -0.2) is 0 Å². The minimum Gasteiger partial charge on any atom is -0.493 e. The predicted molar refractivity (Wildman–Crippen MR) is 104 cm³/mol. The fourth-order valence-corrected chi connectivity index (χ4v) is 2.68. The van der Waals surface area contributed by atoms with Crippen molar-refractivity contribution in [3.63, 3.8) is 0 Å². The maximum Gasteiger partial charge on any atom is 0.251 e. The summed E-state index contributed by atoms with van der Waals surface area (Å²) in [6, 6.07) is 18.7. The summed E-state index contributed by atoms with van der Waals surface area (Å²) in [6.45, 7) is 2.32. The molecule has 3 rings (SSSR count). The van der Waals surface area contributed by atoms with Gasteiger partial charge in [-0.1, -0.05) is 30.3 Å². The number of nitrogens with one attached hydrogen (secondary N) is 1. The van der Waals surface area contributed by atoms with Crippen LogP contribution in [0.25, 0.3) is 0 Å². The van der Waals surface area contributed by atoms with Gasteiger partial charge in [-0.3, -0.25) is 9.78 Å². The Morgan fingerprint density at radius 3 is 2.48 bits per heavy atom. The molecule has 3 aromatic rings. The number of carbonyl (C=O) groups excluding carboxylic acids is 1. The highest BCUT2D eigenvalue weighted by Crippen LogP contribution is 2.29. The molecule has 138 valence electrons. The van der Waals surface area contributed by atoms with Crippen molar-refractivity contribution in [1.29, 1.82) is 0 Å². The Morgan fingerprint density at radius 1 is 1.04 bits per heavy atom. The number of aromatic nitrogens is 1. The van der Waals surface area contributed by atoms with E-state index in [2.05, 4.69) is 10.3 Å². The highest BCUT2D eigenvalue weighted by atomic mass is 16.5. The summed E-state index contributed by atoms with van der Waals surface area (Å²) < 4.78 is 11.2. The minimum absolute atomic E-state index is 0.0954. The van der Waals surface area contributed by atoms with Crippen LogP contribution in [0.1, 0.15) is 34.5 Å². The Balaban J connectivity index is 1.72. The van der Waals surface area contributed by atoms with E-state index < -0.39 is 0 Å². The van der Waals surface area contributed by atoms with Crippen molar-refractivity contribution in [3.05, 3.63) is 89.7 Å². The molecule has 0 aliphatic heterocycles. The van der Waals surface area contributed by atoms with Gasteiger partial charge in [-0.15, -0.1) is 0 Å². The smallest absolute Gasteiger partial charge is 0.251 e. The summed E-state index contributed by atoms with van der Waals surface area (Å²) in [5.41, 5.74) is 2.55. The fraction of sp³-hybridized carbons (Fsp3) is 0.182. The molecule has 1 N–H and O–H groups in total. The van der Waals surface area contributed by atoms with Gasteiger partial charge in [0.2, 0.25) is 0 Å². The van der Waals surface area contributed by atoms with Gasteiger partial charge >= 0.3 is 0 Å². The van der Waals surface area contributed by atoms with E-state index in [0.29, 0.717) is 23.7 Å². The summed E-state index contributed by atoms with van der Waals surface area (Å²) >= 11 is 0. The predicted octanol–water partition coefficient (Wildman–Crippen LogP) is 4.16. The van der Waals surface area contributed by atoms with Gasteiger partial charge in [-0.05, 0) is 48.4 Å². The molecular formula is C22H22N2O3. The first-order valence-corrected chi connectivity index (χ1v) is 8.73. The zero-order valence-electron chi connectivity index (χ0n) is 15.4. The van der Waals surface area contributed by atoms with Gasteiger partial charge in [0.05, 0.1) is 13.2 Å². The second kappa shape index (κ2) is 8.85. The van der Waals surface area contributed by atoms with E-state index in [4.69, 9.17) is 9.47 Å². The summed E-state index contributed by atoms with van der Waals surface area (Å²) in [5, 5.41) is 3.01. The first-order chi connectivity index (χ1) is 13.2. The number of amides is 1. The summed E-state index contributed by atoms with van der Waals surface area (Å²) in [6.07, 6.45) is 3.43. The molecular weight excluding hydrogens is 340 g/mol. The summed E-state index contributed by atoms with van der Waals surface area (Å²) in [5.74, 6) is 0.939. The molecule has 0 spiro atoms. The van der Waals surface area contributed by atoms with Crippen LogP contribution in [-0.2, 0) is 6.61 Å². The van der Waals surface area contributed by atoms with Crippen molar-refractivity contribution in [3.8, 4) is 11.5 Å². The number of hydrogen-bond donors (Lipinski definition) is 1. The number of benzene rings is 2. The number of methoxy groups -OCH3 is 1. The summed E-state index contributed by atoms with van der Waals surface area (Å²) in [4.78, 5) is 16.6. The molecule has 1 unspecified atom stereocenters. The van der Waals surface area contributed by atoms with Crippen molar-refractivity contribution >= 4 is 5.91 Å². The number of rotatable bonds is 7. The van der Waals surface area contributed by atoms with E-state index in [0.717, 1.165) is 11.1 Å². The molecule has 27 heavy (non-hydrogen) atoms. The first kappa shape index (κ1) is 18.5. The molecule has 1 amide bonds. The zero-order chi connectivity index (χ0) is 19.1. The standard InChI is InChI=1S/C22H22N2O3/c1-16(18-6-4-3-5-7-18)24-22(25)19-8-9-20(26-2)21(14-19)27-15-17-10-12-23-13-11-17/h3-14,16H,15H2,1-2H3,(H,24,25). The molecule has 5 heteroatoms. The maximum atomic E-state index is 12.6. The van der Waals surface area contributed by atoms with E-state index in [1.165, 1.54) is 0 Å². The SMILES string of the molecule is COc1ccc(C(=O)NC(C)c2ccccc2)cc1OCc1ccncc1. The van der Waals surface area contributed by atoms with Crippen molar-refractivity contribution < 1.29 is 14.3 Å². The van der Waals surface area contributed by atoms with Gasteiger partial charge in [0, 0.05) is 18.0 Å². The number of carbonyl (C=O) groups is 1. The van der Waals surface area contributed by atoms with Gasteiger partial charge in [-0.2, -0.15) is 0 Å². The maximum absolute atomic E-state index is 12.6. The molecule has 0 bridgehead atoms. The van der Waals surface area contributed by atoms with Crippen LogP contribution in [0, 0.1) is 0 Å². The quantitative estimate of drug-likeness (QED) is 0.686. The highest BCUT2D eigenvalue weighted by molar-refractivity contribution is 5.95. The van der Waals surface area contributed by atoms with Crippen LogP contribution < -0.4 is 14.8 Å². The monoisotopic (exact) mass is 362 g/mol. The van der Waals surface area contributed by atoms with Crippen molar-refractivity contribution in [2.75, 3.05) is 7.11 Å². The van der Waals surface area contributed by atoms with E-state index in [9.17, 15) is 4.79 Å². The molecule has 0 radical (unpaired) electrons. The van der Waals surface area contributed by atoms with Gasteiger partial charge in [0.25, 0.3) is 5.91 Å². The Bertz CT molecular complexity index is 883. The number of nitrogens with zero attached hydrogens (tertiary/aromatic N) is 1. The number of pyridine rings is 1. The normalized spacial score (nSPS) is 11.5. The van der Waals surface area contributed by atoms with Crippen LogP contribution in [0.3, 0.4) is 0 Å². The lowest BCUT2D eigenvalue weighted by molar-refractivity contribution is 0.0939. The van der Waals surface area contributed by atoms with Crippen LogP contribution in [0.5, 0.6) is 11.5 Å². The third kappa shape index (κ3) is 4.85. The lowest BCUT2D eigenvalue weighted by Gasteiger charge is -2.16. The van der Waals surface area contributed by atoms with Crippen LogP contribution in [0.2, 0.25) is 0 Å². The molecule has 1 aromatic heterocycles. The summed E-state index contributed by atoms with van der Waals surface area (Å²) in [7, 11) is 1.58. The number of ether oxygens (including phenoxy) is 2. The van der Waals surface area contributed by atoms with Crippen molar-refractivity contribution in [2.45, 2.75) is 19.6 Å². The van der Waals surface area contributed by atoms with E-state index in [-0.39, 0.29) is 11.9 Å². The highest BCUT2D eigenvalue weighted by Gasteiger charge is 2.14. The first-order valence-electron chi connectivity index (χ1n) is 8.73. The van der Waals surface area contributed by atoms with Crippen LogP contribution >= 0.6 is 0 Å². The Labute approximate surface area is 159 Å². The fourth-order valence-electron chi connectivity index (χ4n) is 2.68. The Morgan fingerprint density at radius 2 is 1.78 bits per heavy atom. The van der Waals surface area contributed by atoms with Crippen LogP contribution in [0.4, 0.5) is 0 Å². The number of hydrogen-bond acceptors (Lipinski definition) is 4. The second-order valence-electron chi connectivity index (χ2n) is 6.12. The van der Waals surface area contributed by atoms with Crippen LogP contribution in [-0.4, -0.2) is 18.0 Å². The third-order valence-corrected chi connectivity index (χ3v) is 4.22.